The number of hydrogen-bond donors (Lipinski definition) is 0. The van der Waals surface area contributed by atoms with E-state index in [0.29, 0.717) is 6.61 Å². The summed E-state index contributed by atoms with van der Waals surface area (Å²) in [5.41, 5.74) is 5.74. The van der Waals surface area contributed by atoms with E-state index in [-0.39, 0.29) is 16.9 Å². The molecule has 0 spiro atoms. The molecule has 0 aliphatic heterocycles. The molecule has 1 aromatic carbocycles. The zero-order chi connectivity index (χ0) is 22.6. The van der Waals surface area contributed by atoms with Gasteiger partial charge in [-0.2, -0.15) is 0 Å². The molecule has 0 aliphatic rings. The smallest absolute Gasteiger partial charge is 0.191 e. The van der Waals surface area contributed by atoms with Gasteiger partial charge in [-0.3, -0.25) is 0 Å². The van der Waals surface area contributed by atoms with E-state index in [1.54, 1.807) is 14.2 Å². The Bertz CT molecular complexity index is 746. The van der Waals surface area contributed by atoms with Crippen LogP contribution >= 0.6 is 0 Å². The molecule has 29 heavy (non-hydrogen) atoms. The fourth-order valence-corrected chi connectivity index (χ4v) is 4.56. The summed E-state index contributed by atoms with van der Waals surface area (Å²) >= 11 is 0. The average Bonchev–Trinajstić information content (AvgIpc) is 2.58. The Labute approximate surface area is 181 Å². The van der Waals surface area contributed by atoms with Gasteiger partial charge in [-0.1, -0.05) is 59.5 Å². The van der Waals surface area contributed by atoms with Crippen molar-refractivity contribution < 1.29 is 13.9 Å². The predicted octanol–water partition coefficient (Wildman–Crippen LogP) is 6.63. The van der Waals surface area contributed by atoms with Crippen molar-refractivity contribution in [1.29, 1.82) is 0 Å². The van der Waals surface area contributed by atoms with Gasteiger partial charge >= 0.3 is 0 Å². The van der Waals surface area contributed by atoms with Crippen LogP contribution in [0, 0.1) is 24.3 Å². The van der Waals surface area contributed by atoms with Gasteiger partial charge in [0.15, 0.2) is 19.8 Å². The fraction of sp³-hybridized carbons (Fsp3) is 0.667. The van der Waals surface area contributed by atoms with E-state index in [4.69, 9.17) is 13.9 Å². The lowest BCUT2D eigenvalue weighted by Crippen LogP contribution is -2.42. The molecule has 3 nitrogen and oxygen atoms in total. The van der Waals surface area contributed by atoms with Crippen molar-refractivity contribution in [3.63, 3.8) is 0 Å². The largest absolute Gasteiger partial charge is 0.493 e. The van der Waals surface area contributed by atoms with Crippen LogP contribution in [0.15, 0.2) is 12.1 Å². The van der Waals surface area contributed by atoms with Crippen LogP contribution < -0.4 is 9.47 Å². The Balaban J connectivity index is 3.38. The molecule has 0 saturated carbocycles. The van der Waals surface area contributed by atoms with Gasteiger partial charge in [-0.05, 0) is 36.5 Å². The highest BCUT2D eigenvalue weighted by Gasteiger charge is 2.38. The summed E-state index contributed by atoms with van der Waals surface area (Å²) in [5, 5.41) is 0.191. The first kappa shape index (κ1) is 25.8. The number of benzene rings is 1. The predicted molar refractivity (Wildman–Crippen MR) is 130 cm³/mol. The van der Waals surface area contributed by atoms with Gasteiger partial charge in [0.1, 0.15) is 8.07 Å². The Hall–Kier alpha value is -1.23. The highest BCUT2D eigenvalue weighted by atomic mass is 28.4. The van der Waals surface area contributed by atoms with Crippen molar-refractivity contribution in [3.05, 3.63) is 23.3 Å². The van der Waals surface area contributed by atoms with Crippen LogP contribution in [0.25, 0.3) is 0 Å². The van der Waals surface area contributed by atoms with E-state index in [1.165, 1.54) is 0 Å². The van der Waals surface area contributed by atoms with E-state index in [1.807, 2.05) is 6.92 Å². The van der Waals surface area contributed by atoms with Crippen molar-refractivity contribution in [2.75, 3.05) is 20.8 Å². The maximum Gasteiger partial charge on any atom is 0.191 e. The molecular formula is C24H42O3Si2. The van der Waals surface area contributed by atoms with Gasteiger partial charge in [0.05, 0.1) is 20.1 Å². The third-order valence-corrected chi connectivity index (χ3v) is 11.2. The topological polar surface area (TPSA) is 27.7 Å². The SMILES string of the molecule is COc1c(C)ccc([C@H](C#C[Si](C)(C)C)[C@@H](C)CO[Si](C)(C)C(C)(C)C)c1OC. The molecule has 0 unspecified atom stereocenters. The first-order valence-electron chi connectivity index (χ1n) is 10.5. The summed E-state index contributed by atoms with van der Waals surface area (Å²) in [7, 11) is 0.0726. The number of rotatable bonds is 7. The lowest BCUT2D eigenvalue weighted by molar-refractivity contribution is 0.228. The Morgan fingerprint density at radius 2 is 1.52 bits per heavy atom. The number of hydrogen-bond acceptors (Lipinski definition) is 3. The molecule has 0 fully saturated rings. The quantitative estimate of drug-likeness (QED) is 0.356. The molecular weight excluding hydrogens is 392 g/mol. The molecule has 0 amide bonds. The molecule has 0 bridgehead atoms. The number of methoxy groups -OCH3 is 2. The van der Waals surface area contributed by atoms with Crippen LogP contribution in [0.1, 0.15) is 44.7 Å². The zero-order valence-corrected chi connectivity index (χ0v) is 22.7. The van der Waals surface area contributed by atoms with Gasteiger partial charge in [0.2, 0.25) is 0 Å². The molecule has 164 valence electrons. The highest BCUT2D eigenvalue weighted by Crippen LogP contribution is 2.42. The molecule has 1 rings (SSSR count). The first-order valence-corrected chi connectivity index (χ1v) is 16.9. The molecule has 0 aliphatic carbocycles. The van der Waals surface area contributed by atoms with Gasteiger partial charge in [0, 0.05) is 12.2 Å². The van der Waals surface area contributed by atoms with Gasteiger partial charge in [0.25, 0.3) is 0 Å². The summed E-state index contributed by atoms with van der Waals surface area (Å²) in [6.45, 7) is 23.3. The standard InChI is InChI=1S/C24H42O3Si2/c1-18-13-14-21(23(26-7)22(18)25-6)20(15-16-28(8,9)10)19(2)17-27-29(11,12)24(3,4)5/h13-14,19-20H,17H2,1-12H3/t19-,20+/m0/s1. The zero-order valence-electron chi connectivity index (χ0n) is 20.7. The first-order chi connectivity index (χ1) is 13.1. The summed E-state index contributed by atoms with van der Waals surface area (Å²) in [5.74, 6) is 5.48. The lowest BCUT2D eigenvalue weighted by atomic mass is 9.87. The number of ether oxygens (including phenoxy) is 2. The minimum Gasteiger partial charge on any atom is -0.493 e. The maximum atomic E-state index is 6.55. The fourth-order valence-electron chi connectivity index (χ4n) is 2.86. The molecule has 0 aromatic heterocycles. The van der Waals surface area contributed by atoms with Crippen molar-refractivity contribution in [1.82, 2.24) is 0 Å². The van der Waals surface area contributed by atoms with Crippen molar-refractivity contribution in [2.24, 2.45) is 5.92 Å². The van der Waals surface area contributed by atoms with Crippen LogP contribution in [-0.2, 0) is 4.43 Å². The monoisotopic (exact) mass is 434 g/mol. The lowest BCUT2D eigenvalue weighted by Gasteiger charge is -2.37. The van der Waals surface area contributed by atoms with E-state index in [2.05, 4.69) is 84.0 Å². The van der Waals surface area contributed by atoms with Crippen molar-refractivity contribution >= 4 is 16.4 Å². The van der Waals surface area contributed by atoms with Gasteiger partial charge < -0.3 is 13.9 Å². The minimum absolute atomic E-state index is 0.0379. The third-order valence-electron chi connectivity index (χ3n) is 5.77. The van der Waals surface area contributed by atoms with E-state index >= 15 is 0 Å². The maximum absolute atomic E-state index is 6.55. The molecule has 0 saturated heterocycles. The summed E-state index contributed by atoms with van der Waals surface area (Å²) < 4.78 is 18.0. The van der Waals surface area contributed by atoms with Crippen LogP contribution in [0.5, 0.6) is 11.5 Å². The highest BCUT2D eigenvalue weighted by molar-refractivity contribution is 6.83. The van der Waals surface area contributed by atoms with Crippen LogP contribution in [0.3, 0.4) is 0 Å². The second-order valence-electron chi connectivity index (χ2n) is 10.6. The minimum atomic E-state index is -1.82. The van der Waals surface area contributed by atoms with Crippen LogP contribution in [0.2, 0.25) is 37.8 Å². The van der Waals surface area contributed by atoms with E-state index in [0.717, 1.165) is 22.6 Å². The summed E-state index contributed by atoms with van der Waals surface area (Å²) in [6, 6.07) is 4.24. The molecule has 0 N–H and O–H groups in total. The van der Waals surface area contributed by atoms with E-state index in [9.17, 15) is 0 Å². The molecule has 2 atom stereocenters. The van der Waals surface area contributed by atoms with Crippen LogP contribution in [0.4, 0.5) is 0 Å². The molecule has 0 radical (unpaired) electrons. The summed E-state index contributed by atoms with van der Waals surface area (Å²) in [6.07, 6.45) is 0. The normalized spacial score (nSPS) is 14.6. The van der Waals surface area contributed by atoms with Crippen molar-refractivity contribution in [2.45, 2.75) is 78.3 Å². The summed E-state index contributed by atoms with van der Waals surface area (Å²) in [4.78, 5) is 0. The molecule has 1 aromatic rings. The number of aryl methyl sites for hydroxylation is 1. The molecule has 0 heterocycles. The Morgan fingerprint density at radius 1 is 0.966 bits per heavy atom. The van der Waals surface area contributed by atoms with Crippen molar-refractivity contribution in [3.8, 4) is 23.0 Å². The average molecular weight is 435 g/mol. The molecule has 5 heteroatoms. The van der Waals surface area contributed by atoms with E-state index < -0.39 is 16.4 Å². The Morgan fingerprint density at radius 3 is 1.97 bits per heavy atom. The Kier molecular flexibility index (Phi) is 8.65. The third kappa shape index (κ3) is 6.91. The van der Waals surface area contributed by atoms with Crippen LogP contribution in [-0.4, -0.2) is 37.2 Å². The van der Waals surface area contributed by atoms with Gasteiger partial charge in [-0.25, -0.2) is 0 Å². The second-order valence-corrected chi connectivity index (χ2v) is 20.1. The van der Waals surface area contributed by atoms with Gasteiger partial charge in [-0.15, -0.1) is 11.5 Å². The second kappa shape index (κ2) is 9.72.